The van der Waals surface area contributed by atoms with E-state index >= 15 is 0 Å². The summed E-state index contributed by atoms with van der Waals surface area (Å²) >= 11 is 0. The second-order valence-electron chi connectivity index (χ2n) is 16.2. The summed E-state index contributed by atoms with van der Waals surface area (Å²) in [5, 5.41) is 4.30. The summed E-state index contributed by atoms with van der Waals surface area (Å²) < 4.78 is 13.1. The molecule has 0 N–H and O–H groups in total. The van der Waals surface area contributed by atoms with Gasteiger partial charge in [-0.25, -0.2) is 0 Å². The van der Waals surface area contributed by atoms with Gasteiger partial charge in [-0.3, -0.25) is 0 Å². The van der Waals surface area contributed by atoms with Gasteiger partial charge >= 0.3 is 0 Å². The quantitative estimate of drug-likeness (QED) is 0.137. The van der Waals surface area contributed by atoms with Gasteiger partial charge in [0.25, 0.3) is 0 Å². The number of fused-ring (bicyclic) bond motifs is 6. The Morgan fingerprint density at radius 2 is 0.615 bits per heavy atom. The Hall–Kier alpha value is -8.80. The van der Waals surface area contributed by atoms with E-state index in [0.29, 0.717) is 0 Å². The molecular formula is C60H41N3O2. The Morgan fingerprint density at radius 3 is 1.18 bits per heavy atom. The molecule has 0 amide bonds. The molecule has 0 fully saturated rings. The van der Waals surface area contributed by atoms with E-state index in [1.807, 2.05) is 24.3 Å². The van der Waals surface area contributed by atoms with Gasteiger partial charge in [0.1, 0.15) is 22.3 Å². The summed E-state index contributed by atoms with van der Waals surface area (Å²) in [5.74, 6) is 0. The zero-order chi connectivity index (χ0) is 43.1. The molecule has 2 heterocycles. The van der Waals surface area contributed by atoms with Gasteiger partial charge in [0.05, 0.1) is 0 Å². The van der Waals surface area contributed by atoms with Gasteiger partial charge in [-0.15, -0.1) is 0 Å². The average Bonchev–Trinajstić information content (AvgIpc) is 3.94. The SMILES string of the molecule is c1ccc(N(c2ccccc2)c2cccc(N(c3cc(-c4cccc5c4oc4ccccc45)cc(N(c4ccccc4)c4ccccc4)c3)c3ccc4oc5ccccc5c4c3)c2)cc1. The number of furan rings is 2. The molecule has 0 aliphatic rings. The number of benzene rings is 10. The Kier molecular flexibility index (Phi) is 9.42. The third kappa shape index (κ3) is 6.93. The van der Waals surface area contributed by atoms with Crippen LogP contribution >= 0.6 is 0 Å². The Bertz CT molecular complexity index is 3540. The maximum absolute atomic E-state index is 6.74. The summed E-state index contributed by atoms with van der Waals surface area (Å²) in [6, 6.07) is 87.6. The largest absolute Gasteiger partial charge is 0.456 e. The topological polar surface area (TPSA) is 36.0 Å². The molecule has 0 unspecified atom stereocenters. The zero-order valence-corrected chi connectivity index (χ0v) is 35.3. The molecule has 0 saturated heterocycles. The number of para-hydroxylation sites is 7. The summed E-state index contributed by atoms with van der Waals surface area (Å²) in [5.41, 5.74) is 14.6. The van der Waals surface area contributed by atoms with Crippen LogP contribution in [0.2, 0.25) is 0 Å². The summed E-state index contributed by atoms with van der Waals surface area (Å²) in [4.78, 5) is 7.02. The van der Waals surface area contributed by atoms with Crippen molar-refractivity contribution in [2.45, 2.75) is 0 Å². The third-order valence-electron chi connectivity index (χ3n) is 12.2. The molecule has 10 aromatic carbocycles. The predicted octanol–water partition coefficient (Wildman–Crippen LogP) is 17.6. The highest BCUT2D eigenvalue weighted by molar-refractivity contribution is 6.10. The second kappa shape index (κ2) is 16.2. The predicted molar refractivity (Wildman–Crippen MR) is 270 cm³/mol. The Morgan fingerprint density at radius 1 is 0.231 bits per heavy atom. The average molecular weight is 836 g/mol. The molecule has 2 aromatic heterocycles. The minimum Gasteiger partial charge on any atom is -0.456 e. The smallest absolute Gasteiger partial charge is 0.143 e. The Labute approximate surface area is 376 Å². The van der Waals surface area contributed by atoms with Crippen LogP contribution in [-0.2, 0) is 0 Å². The van der Waals surface area contributed by atoms with Gasteiger partial charge in [-0.05, 0) is 121 Å². The van der Waals surface area contributed by atoms with Gasteiger partial charge in [-0.2, -0.15) is 0 Å². The van der Waals surface area contributed by atoms with E-state index in [-0.39, 0.29) is 0 Å². The molecule has 308 valence electrons. The van der Waals surface area contributed by atoms with Crippen LogP contribution in [0.15, 0.2) is 258 Å². The maximum atomic E-state index is 6.74. The number of nitrogens with zero attached hydrogens (tertiary/aromatic N) is 3. The van der Waals surface area contributed by atoms with Crippen molar-refractivity contribution in [3.63, 3.8) is 0 Å². The van der Waals surface area contributed by atoms with E-state index in [2.05, 4.69) is 239 Å². The highest BCUT2D eigenvalue weighted by Gasteiger charge is 2.23. The molecule has 12 aromatic rings. The number of rotatable bonds is 10. The fraction of sp³-hybridized carbons (Fsp3) is 0. The number of anilines is 9. The van der Waals surface area contributed by atoms with Gasteiger partial charge in [-0.1, -0.05) is 133 Å². The standard InChI is InChI=1S/C60H41N3O2/c1-5-19-43(20-6-1)61(44-21-7-2-8-22-44)47-27-17-28-48(39-47)63(49-35-36-59-56(41-49)54-30-14-15-33-57(54)64-59)51-38-42(52-31-18-32-55-53-29-13-16-34-58(53)65-60(52)55)37-50(40-51)62(45-23-9-3-10-24-45)46-25-11-4-12-26-46/h1-41H. The molecule has 0 radical (unpaired) electrons. The van der Waals surface area contributed by atoms with E-state index in [0.717, 1.165) is 106 Å². The third-order valence-corrected chi connectivity index (χ3v) is 12.2. The lowest BCUT2D eigenvalue weighted by Gasteiger charge is -2.31. The number of hydrogen-bond donors (Lipinski definition) is 0. The molecule has 65 heavy (non-hydrogen) atoms. The molecule has 0 aliphatic carbocycles. The van der Waals surface area contributed by atoms with Crippen LogP contribution in [0.25, 0.3) is 55.0 Å². The lowest BCUT2D eigenvalue weighted by atomic mass is 9.99. The first kappa shape index (κ1) is 37.9. The first-order valence-corrected chi connectivity index (χ1v) is 21.9. The van der Waals surface area contributed by atoms with Crippen LogP contribution < -0.4 is 14.7 Å². The van der Waals surface area contributed by atoms with Crippen LogP contribution in [0.4, 0.5) is 51.2 Å². The van der Waals surface area contributed by atoms with Crippen molar-refractivity contribution in [3.05, 3.63) is 249 Å². The van der Waals surface area contributed by atoms with Gasteiger partial charge in [0, 0.05) is 78.3 Å². The van der Waals surface area contributed by atoms with Gasteiger partial charge < -0.3 is 23.5 Å². The molecule has 12 rings (SSSR count). The van der Waals surface area contributed by atoms with Crippen LogP contribution in [0.3, 0.4) is 0 Å². The number of hydrogen-bond acceptors (Lipinski definition) is 5. The normalized spacial score (nSPS) is 11.4. The highest BCUT2D eigenvalue weighted by atomic mass is 16.3. The summed E-state index contributed by atoms with van der Waals surface area (Å²) in [7, 11) is 0. The lowest BCUT2D eigenvalue weighted by Crippen LogP contribution is -2.15. The molecule has 0 spiro atoms. The lowest BCUT2D eigenvalue weighted by molar-refractivity contribution is 0.669. The summed E-state index contributed by atoms with van der Waals surface area (Å²) in [6.45, 7) is 0. The van der Waals surface area contributed by atoms with Gasteiger partial charge in [0.15, 0.2) is 0 Å². The molecule has 0 atom stereocenters. The minimum absolute atomic E-state index is 0.841. The molecule has 5 heteroatoms. The van der Waals surface area contributed by atoms with Crippen molar-refractivity contribution >= 4 is 95.1 Å². The molecule has 0 saturated carbocycles. The van der Waals surface area contributed by atoms with Crippen LogP contribution in [0, 0.1) is 0 Å². The first-order chi connectivity index (χ1) is 32.2. The van der Waals surface area contributed by atoms with Crippen molar-refractivity contribution in [1.29, 1.82) is 0 Å². The molecule has 0 bridgehead atoms. The van der Waals surface area contributed by atoms with E-state index < -0.39 is 0 Å². The fourth-order valence-corrected chi connectivity index (χ4v) is 9.26. The minimum atomic E-state index is 0.841. The fourth-order valence-electron chi connectivity index (χ4n) is 9.26. The van der Waals surface area contributed by atoms with E-state index in [4.69, 9.17) is 8.83 Å². The second-order valence-corrected chi connectivity index (χ2v) is 16.2. The Balaban J connectivity index is 1.14. The zero-order valence-electron chi connectivity index (χ0n) is 35.3. The first-order valence-electron chi connectivity index (χ1n) is 21.9. The van der Waals surface area contributed by atoms with Crippen molar-refractivity contribution < 1.29 is 8.83 Å². The molecular weight excluding hydrogens is 795 g/mol. The van der Waals surface area contributed by atoms with Crippen LogP contribution in [0.5, 0.6) is 0 Å². The monoisotopic (exact) mass is 835 g/mol. The van der Waals surface area contributed by atoms with Gasteiger partial charge in [0.2, 0.25) is 0 Å². The highest BCUT2D eigenvalue weighted by Crippen LogP contribution is 2.47. The van der Waals surface area contributed by atoms with Crippen molar-refractivity contribution in [2.24, 2.45) is 0 Å². The van der Waals surface area contributed by atoms with Crippen molar-refractivity contribution in [2.75, 3.05) is 14.7 Å². The van der Waals surface area contributed by atoms with E-state index in [1.54, 1.807) is 0 Å². The van der Waals surface area contributed by atoms with Crippen LogP contribution in [-0.4, -0.2) is 0 Å². The van der Waals surface area contributed by atoms with Crippen molar-refractivity contribution in [1.82, 2.24) is 0 Å². The van der Waals surface area contributed by atoms with Crippen molar-refractivity contribution in [3.8, 4) is 11.1 Å². The summed E-state index contributed by atoms with van der Waals surface area (Å²) in [6.07, 6.45) is 0. The van der Waals surface area contributed by atoms with Crippen LogP contribution in [0.1, 0.15) is 0 Å². The molecule has 5 nitrogen and oxygen atoms in total. The maximum Gasteiger partial charge on any atom is 0.143 e. The van der Waals surface area contributed by atoms with E-state index in [9.17, 15) is 0 Å². The molecule has 0 aliphatic heterocycles. The van der Waals surface area contributed by atoms with E-state index in [1.165, 1.54) is 0 Å².